The lowest BCUT2D eigenvalue weighted by Gasteiger charge is -2.37. The van der Waals surface area contributed by atoms with Crippen LogP contribution in [-0.2, 0) is 0 Å². The predicted molar refractivity (Wildman–Crippen MR) is 99.6 cm³/mol. The monoisotopic (exact) mass is 403 g/mol. The summed E-state index contributed by atoms with van der Waals surface area (Å²) in [6.07, 6.45) is 0.913. The van der Waals surface area contributed by atoms with Crippen molar-refractivity contribution in [2.24, 2.45) is 0 Å². The van der Waals surface area contributed by atoms with Gasteiger partial charge in [0.25, 0.3) is 17.6 Å². The van der Waals surface area contributed by atoms with E-state index in [4.69, 9.17) is 0 Å². The minimum absolute atomic E-state index is 0.0995. The number of benzene rings is 1. The largest absolute Gasteiger partial charge is 0.332 e. The highest BCUT2D eigenvalue weighted by Gasteiger charge is 2.43. The van der Waals surface area contributed by atoms with Crippen LogP contribution in [0.2, 0.25) is 0 Å². The molecule has 2 aromatic heterocycles. The number of amides is 1. The zero-order valence-corrected chi connectivity index (χ0v) is 16.3. The van der Waals surface area contributed by atoms with E-state index in [1.807, 2.05) is 0 Å². The Morgan fingerprint density at radius 1 is 1.17 bits per heavy atom. The summed E-state index contributed by atoms with van der Waals surface area (Å²) in [6, 6.07) is 4.50. The number of nitrogens with zero attached hydrogens (tertiary/aromatic N) is 5. The fraction of sp³-hybridized carbons (Fsp3) is 0.400. The van der Waals surface area contributed by atoms with E-state index in [2.05, 4.69) is 15.1 Å². The summed E-state index contributed by atoms with van der Waals surface area (Å²) in [7, 11) is 0. The van der Waals surface area contributed by atoms with E-state index in [-0.39, 0.29) is 12.1 Å². The van der Waals surface area contributed by atoms with Gasteiger partial charge in [-0.1, -0.05) is 0 Å². The van der Waals surface area contributed by atoms with Gasteiger partial charge in [-0.05, 0) is 50.1 Å². The summed E-state index contributed by atoms with van der Waals surface area (Å²) in [5.74, 6) is -4.31. The number of carbonyl (C=O) groups excluding carboxylic acids is 1. The minimum atomic E-state index is -3.06. The van der Waals surface area contributed by atoms with Gasteiger partial charge < -0.3 is 4.90 Å². The third-order valence-electron chi connectivity index (χ3n) is 5.20. The van der Waals surface area contributed by atoms with Gasteiger partial charge in [-0.25, -0.2) is 22.7 Å². The number of halogens is 3. The summed E-state index contributed by atoms with van der Waals surface area (Å²) in [5, 5.41) is 4.10. The first-order valence-electron chi connectivity index (χ1n) is 9.26. The number of fused-ring (bicyclic) bond motifs is 1. The molecule has 1 atom stereocenters. The molecule has 1 fully saturated rings. The molecule has 0 aliphatic carbocycles. The highest BCUT2D eigenvalue weighted by molar-refractivity contribution is 5.94. The van der Waals surface area contributed by atoms with E-state index in [9.17, 15) is 18.0 Å². The van der Waals surface area contributed by atoms with Crippen LogP contribution in [0.25, 0.3) is 5.78 Å². The lowest BCUT2D eigenvalue weighted by molar-refractivity contribution is -0.0641. The van der Waals surface area contributed by atoms with E-state index in [1.165, 1.54) is 23.0 Å². The van der Waals surface area contributed by atoms with Gasteiger partial charge >= 0.3 is 0 Å². The number of aromatic nitrogens is 4. The SMILES string of the molecule is Cc1cc(C2CN(C(=O)c3cc(C)c(F)c(C)c3)CC(F)(F)C2)n2ncnc2n1. The highest BCUT2D eigenvalue weighted by atomic mass is 19.3. The molecule has 0 bridgehead atoms. The summed E-state index contributed by atoms with van der Waals surface area (Å²) >= 11 is 0. The Balaban J connectivity index is 1.71. The molecule has 3 aromatic rings. The predicted octanol–water partition coefficient (Wildman–Crippen LogP) is 3.45. The molecule has 4 rings (SSSR count). The van der Waals surface area contributed by atoms with E-state index < -0.39 is 36.5 Å². The van der Waals surface area contributed by atoms with Gasteiger partial charge in [0.1, 0.15) is 12.1 Å². The van der Waals surface area contributed by atoms with E-state index in [0.29, 0.717) is 28.3 Å². The molecule has 1 saturated heterocycles. The Kier molecular flexibility index (Phi) is 4.55. The number of rotatable bonds is 2. The Hall–Kier alpha value is -2.97. The summed E-state index contributed by atoms with van der Waals surface area (Å²) < 4.78 is 44.6. The molecule has 0 radical (unpaired) electrons. The van der Waals surface area contributed by atoms with Gasteiger partial charge in [0, 0.05) is 30.1 Å². The Labute approximate surface area is 165 Å². The lowest BCUT2D eigenvalue weighted by Crippen LogP contribution is -2.49. The van der Waals surface area contributed by atoms with Crippen molar-refractivity contribution in [3.63, 3.8) is 0 Å². The van der Waals surface area contributed by atoms with Crippen LogP contribution in [0.5, 0.6) is 0 Å². The average molecular weight is 403 g/mol. The van der Waals surface area contributed by atoms with Gasteiger partial charge in [-0.15, -0.1) is 0 Å². The fourth-order valence-corrected chi connectivity index (χ4v) is 3.95. The van der Waals surface area contributed by atoms with Crippen LogP contribution in [-0.4, -0.2) is 49.4 Å². The standard InChI is InChI=1S/C20H20F3N5O/c1-11-4-14(5-12(2)17(11)21)18(29)27-8-15(7-20(22,23)9-27)16-6-13(3)26-19-24-10-25-28(16)19/h4-6,10,15H,7-9H2,1-3H3. The maximum Gasteiger partial charge on any atom is 0.266 e. The minimum Gasteiger partial charge on any atom is -0.332 e. The number of alkyl halides is 2. The second-order valence-corrected chi connectivity index (χ2v) is 7.66. The van der Waals surface area contributed by atoms with Gasteiger partial charge in [0.2, 0.25) is 0 Å². The zero-order valence-electron chi connectivity index (χ0n) is 16.3. The molecule has 29 heavy (non-hydrogen) atoms. The van der Waals surface area contributed by atoms with Crippen LogP contribution < -0.4 is 0 Å². The molecule has 152 valence electrons. The van der Waals surface area contributed by atoms with Crippen LogP contribution in [0.4, 0.5) is 13.2 Å². The van der Waals surface area contributed by atoms with Crippen molar-refractivity contribution in [1.29, 1.82) is 0 Å². The van der Waals surface area contributed by atoms with E-state index in [1.54, 1.807) is 26.8 Å². The zero-order chi connectivity index (χ0) is 20.9. The van der Waals surface area contributed by atoms with Crippen molar-refractivity contribution in [1.82, 2.24) is 24.5 Å². The maximum atomic E-state index is 14.6. The van der Waals surface area contributed by atoms with Crippen molar-refractivity contribution >= 4 is 11.7 Å². The summed E-state index contributed by atoms with van der Waals surface area (Å²) in [6.45, 7) is 4.28. The number of aryl methyl sites for hydroxylation is 3. The molecule has 1 aliphatic heterocycles. The second kappa shape index (κ2) is 6.82. The third-order valence-corrected chi connectivity index (χ3v) is 5.20. The van der Waals surface area contributed by atoms with Crippen LogP contribution in [0.15, 0.2) is 24.5 Å². The molecule has 0 N–H and O–H groups in total. The first-order valence-corrected chi connectivity index (χ1v) is 9.26. The molecular formula is C20H20F3N5O. The molecule has 1 amide bonds. The smallest absolute Gasteiger partial charge is 0.266 e. The molecule has 6 nitrogen and oxygen atoms in total. The summed E-state index contributed by atoms with van der Waals surface area (Å²) in [4.78, 5) is 22.4. The number of hydrogen-bond acceptors (Lipinski definition) is 4. The van der Waals surface area contributed by atoms with E-state index >= 15 is 0 Å². The molecule has 1 unspecified atom stereocenters. The number of carbonyl (C=O) groups is 1. The number of hydrogen-bond donors (Lipinski definition) is 0. The van der Waals surface area contributed by atoms with Crippen LogP contribution in [0, 0.1) is 26.6 Å². The van der Waals surface area contributed by atoms with Gasteiger partial charge in [-0.2, -0.15) is 10.1 Å². The van der Waals surface area contributed by atoms with Crippen LogP contribution in [0.1, 0.15) is 45.2 Å². The van der Waals surface area contributed by atoms with Crippen LogP contribution in [0.3, 0.4) is 0 Å². The summed E-state index contributed by atoms with van der Waals surface area (Å²) in [5.41, 5.74) is 1.99. The maximum absolute atomic E-state index is 14.6. The van der Waals surface area contributed by atoms with Crippen LogP contribution >= 0.6 is 0 Å². The Bertz CT molecular complexity index is 1090. The second-order valence-electron chi connectivity index (χ2n) is 7.66. The van der Waals surface area contributed by atoms with Gasteiger partial charge in [0.05, 0.1) is 12.2 Å². The molecule has 9 heteroatoms. The third kappa shape index (κ3) is 3.56. The van der Waals surface area contributed by atoms with Gasteiger partial charge in [0.15, 0.2) is 0 Å². The molecule has 0 spiro atoms. The lowest BCUT2D eigenvalue weighted by atomic mass is 9.91. The van der Waals surface area contributed by atoms with Crippen molar-refractivity contribution < 1.29 is 18.0 Å². The van der Waals surface area contributed by atoms with E-state index in [0.717, 1.165) is 4.90 Å². The quantitative estimate of drug-likeness (QED) is 0.658. The van der Waals surface area contributed by atoms with Crippen molar-refractivity contribution in [3.05, 3.63) is 58.4 Å². The number of piperidine rings is 1. The Morgan fingerprint density at radius 3 is 2.55 bits per heavy atom. The highest BCUT2D eigenvalue weighted by Crippen LogP contribution is 2.37. The molecule has 3 heterocycles. The normalized spacial score (nSPS) is 19.0. The topological polar surface area (TPSA) is 63.4 Å². The Morgan fingerprint density at radius 2 is 1.86 bits per heavy atom. The number of likely N-dealkylation sites (tertiary alicyclic amines) is 1. The fourth-order valence-electron chi connectivity index (χ4n) is 3.95. The van der Waals surface area contributed by atoms with Crippen molar-refractivity contribution in [2.75, 3.05) is 13.1 Å². The first kappa shape index (κ1) is 19.4. The molecule has 1 aromatic carbocycles. The molecular weight excluding hydrogens is 383 g/mol. The molecule has 0 saturated carbocycles. The average Bonchev–Trinajstić information content (AvgIpc) is 3.11. The van der Waals surface area contributed by atoms with Gasteiger partial charge in [-0.3, -0.25) is 4.79 Å². The van der Waals surface area contributed by atoms with Crippen molar-refractivity contribution in [2.45, 2.75) is 39.0 Å². The van der Waals surface area contributed by atoms with Crippen molar-refractivity contribution in [3.8, 4) is 0 Å². The first-order chi connectivity index (χ1) is 13.6. The molecule has 1 aliphatic rings.